The number of pyridine rings is 1. The smallest absolute Gasteiger partial charge is 0.255 e. The van der Waals surface area contributed by atoms with E-state index in [4.69, 9.17) is 0 Å². The summed E-state index contributed by atoms with van der Waals surface area (Å²) in [6, 6.07) is 13.3. The van der Waals surface area contributed by atoms with E-state index >= 15 is 0 Å². The van der Waals surface area contributed by atoms with E-state index in [0.717, 1.165) is 15.4 Å². The van der Waals surface area contributed by atoms with Gasteiger partial charge in [0.15, 0.2) is 0 Å². The zero-order valence-electron chi connectivity index (χ0n) is 15.5. The van der Waals surface area contributed by atoms with Crippen molar-refractivity contribution in [1.29, 1.82) is 0 Å². The van der Waals surface area contributed by atoms with Gasteiger partial charge in [0.05, 0.1) is 16.1 Å². The number of carbonyl (C=O) groups excluding carboxylic acids is 1. The Kier molecular flexibility index (Phi) is 6.12. The lowest BCUT2D eigenvalue weighted by atomic mass is 10.1. The summed E-state index contributed by atoms with van der Waals surface area (Å²) in [5, 5.41) is 3.68. The second-order valence-electron chi connectivity index (χ2n) is 6.09. The highest BCUT2D eigenvalue weighted by Crippen LogP contribution is 2.25. The predicted molar refractivity (Wildman–Crippen MR) is 114 cm³/mol. The minimum Gasteiger partial charge on any atom is -0.321 e. The number of benzene rings is 2. The van der Waals surface area contributed by atoms with Gasteiger partial charge in [0.1, 0.15) is 0 Å². The number of anilines is 1. The highest BCUT2D eigenvalue weighted by Gasteiger charge is 2.21. The quantitative estimate of drug-likeness (QED) is 0.593. The third kappa shape index (κ3) is 4.09. The fraction of sp³-hybridized carbons (Fsp3) is 0.200. The largest absolute Gasteiger partial charge is 0.321 e. The standard InChI is InChI=1S/C20H20BrN3O3S/c1-3-24(4-2)28(26,27)16-8-5-14(6-9-16)20(25)23-19-11-12-22-18-10-7-15(21)13-17(18)19/h5-13H,3-4H2,1-2H3,(H,22,23,25). The lowest BCUT2D eigenvalue weighted by Crippen LogP contribution is -2.30. The molecule has 0 spiro atoms. The first-order chi connectivity index (χ1) is 13.4. The normalized spacial score (nSPS) is 11.7. The Morgan fingerprint density at radius 3 is 2.39 bits per heavy atom. The van der Waals surface area contributed by atoms with E-state index in [2.05, 4.69) is 26.2 Å². The molecule has 0 fully saturated rings. The summed E-state index contributed by atoms with van der Waals surface area (Å²) in [4.78, 5) is 17.1. The number of sulfonamides is 1. The third-order valence-electron chi connectivity index (χ3n) is 4.41. The lowest BCUT2D eigenvalue weighted by molar-refractivity contribution is 0.102. The Hall–Kier alpha value is -2.29. The Morgan fingerprint density at radius 2 is 1.75 bits per heavy atom. The van der Waals surface area contributed by atoms with Crippen molar-refractivity contribution in [3.05, 3.63) is 64.8 Å². The van der Waals surface area contributed by atoms with Crippen LogP contribution in [0, 0.1) is 0 Å². The summed E-state index contributed by atoms with van der Waals surface area (Å²) < 4.78 is 27.4. The van der Waals surface area contributed by atoms with Crippen LogP contribution in [0.5, 0.6) is 0 Å². The van der Waals surface area contributed by atoms with Crippen molar-refractivity contribution in [2.45, 2.75) is 18.7 Å². The van der Waals surface area contributed by atoms with Crippen LogP contribution in [0.3, 0.4) is 0 Å². The van der Waals surface area contributed by atoms with E-state index in [-0.39, 0.29) is 10.8 Å². The number of hydrogen-bond acceptors (Lipinski definition) is 4. The first kappa shape index (κ1) is 20.4. The Balaban J connectivity index is 1.86. The number of fused-ring (bicyclic) bond motifs is 1. The SMILES string of the molecule is CCN(CC)S(=O)(=O)c1ccc(C(=O)Nc2ccnc3ccc(Br)cc23)cc1. The van der Waals surface area contributed by atoms with Gasteiger partial charge in [-0.1, -0.05) is 29.8 Å². The number of carbonyl (C=O) groups is 1. The number of amides is 1. The summed E-state index contributed by atoms with van der Waals surface area (Å²) in [5.41, 5.74) is 1.77. The molecule has 146 valence electrons. The Bertz CT molecular complexity index is 1110. The average molecular weight is 462 g/mol. The van der Waals surface area contributed by atoms with E-state index in [1.54, 1.807) is 26.1 Å². The fourth-order valence-electron chi connectivity index (χ4n) is 2.91. The molecule has 0 bridgehead atoms. The topological polar surface area (TPSA) is 79.4 Å². The molecule has 1 aromatic heterocycles. The van der Waals surface area contributed by atoms with Crippen molar-refractivity contribution in [2.75, 3.05) is 18.4 Å². The summed E-state index contributed by atoms with van der Waals surface area (Å²) in [7, 11) is -3.55. The van der Waals surface area contributed by atoms with E-state index in [1.807, 2.05) is 18.2 Å². The van der Waals surface area contributed by atoms with Crippen LogP contribution >= 0.6 is 15.9 Å². The van der Waals surface area contributed by atoms with Crippen molar-refractivity contribution >= 4 is 48.5 Å². The molecule has 6 nitrogen and oxygen atoms in total. The average Bonchev–Trinajstić information content (AvgIpc) is 2.69. The molecule has 0 saturated heterocycles. The van der Waals surface area contributed by atoms with E-state index in [1.165, 1.54) is 28.6 Å². The molecular weight excluding hydrogens is 442 g/mol. The van der Waals surface area contributed by atoms with Crippen LogP contribution in [-0.2, 0) is 10.0 Å². The van der Waals surface area contributed by atoms with Gasteiger partial charge in [0.25, 0.3) is 5.91 Å². The van der Waals surface area contributed by atoms with Crippen LogP contribution in [0.2, 0.25) is 0 Å². The zero-order chi connectivity index (χ0) is 20.3. The molecule has 0 aliphatic carbocycles. The molecule has 3 aromatic rings. The Labute approximate surface area is 172 Å². The van der Waals surface area contributed by atoms with Gasteiger partial charge in [0, 0.05) is 34.7 Å². The number of rotatable bonds is 6. The van der Waals surface area contributed by atoms with Gasteiger partial charge in [0.2, 0.25) is 10.0 Å². The van der Waals surface area contributed by atoms with Crippen molar-refractivity contribution < 1.29 is 13.2 Å². The van der Waals surface area contributed by atoms with E-state index < -0.39 is 10.0 Å². The van der Waals surface area contributed by atoms with Crippen LogP contribution in [0.4, 0.5) is 5.69 Å². The van der Waals surface area contributed by atoms with E-state index in [9.17, 15) is 13.2 Å². The van der Waals surface area contributed by atoms with Gasteiger partial charge in [-0.2, -0.15) is 4.31 Å². The number of nitrogens with one attached hydrogen (secondary N) is 1. The van der Waals surface area contributed by atoms with Crippen LogP contribution in [0.25, 0.3) is 10.9 Å². The van der Waals surface area contributed by atoms with Crippen LogP contribution in [-0.4, -0.2) is 36.7 Å². The number of hydrogen-bond donors (Lipinski definition) is 1. The van der Waals surface area contributed by atoms with Crippen molar-refractivity contribution in [3.63, 3.8) is 0 Å². The molecule has 2 aromatic carbocycles. The number of aromatic nitrogens is 1. The van der Waals surface area contributed by atoms with E-state index in [0.29, 0.717) is 24.3 Å². The molecule has 0 radical (unpaired) electrons. The van der Waals surface area contributed by atoms with Gasteiger partial charge >= 0.3 is 0 Å². The zero-order valence-corrected chi connectivity index (χ0v) is 17.9. The lowest BCUT2D eigenvalue weighted by Gasteiger charge is -2.18. The molecule has 0 aliphatic heterocycles. The molecule has 0 unspecified atom stereocenters. The minimum atomic E-state index is -3.55. The maximum atomic E-state index is 12.6. The molecule has 0 aliphatic rings. The predicted octanol–water partition coefficient (Wildman–Crippen LogP) is 4.28. The molecule has 3 rings (SSSR count). The molecule has 1 heterocycles. The van der Waals surface area contributed by atoms with Gasteiger partial charge in [-0.15, -0.1) is 0 Å². The van der Waals surface area contributed by atoms with Crippen LogP contribution < -0.4 is 5.32 Å². The van der Waals surface area contributed by atoms with Crippen molar-refractivity contribution in [2.24, 2.45) is 0 Å². The van der Waals surface area contributed by atoms with Gasteiger partial charge < -0.3 is 5.32 Å². The summed E-state index contributed by atoms with van der Waals surface area (Å²) in [6.07, 6.45) is 1.63. The molecular formula is C20H20BrN3O3S. The maximum absolute atomic E-state index is 12.6. The molecule has 1 amide bonds. The van der Waals surface area contributed by atoms with Crippen molar-refractivity contribution in [1.82, 2.24) is 9.29 Å². The number of halogens is 1. The second-order valence-corrected chi connectivity index (χ2v) is 8.94. The van der Waals surface area contributed by atoms with Crippen LogP contribution in [0.1, 0.15) is 24.2 Å². The fourth-order valence-corrected chi connectivity index (χ4v) is 4.73. The maximum Gasteiger partial charge on any atom is 0.255 e. The monoisotopic (exact) mass is 461 g/mol. The Morgan fingerprint density at radius 1 is 1.07 bits per heavy atom. The van der Waals surface area contributed by atoms with Gasteiger partial charge in [-0.3, -0.25) is 9.78 Å². The second kappa shape index (κ2) is 8.38. The molecule has 0 saturated carbocycles. The molecule has 1 N–H and O–H groups in total. The minimum absolute atomic E-state index is 0.172. The summed E-state index contributed by atoms with van der Waals surface area (Å²) in [5.74, 6) is -0.320. The highest BCUT2D eigenvalue weighted by molar-refractivity contribution is 9.10. The summed E-state index contributed by atoms with van der Waals surface area (Å²) in [6.45, 7) is 4.37. The first-order valence-corrected chi connectivity index (χ1v) is 11.1. The van der Waals surface area contributed by atoms with Crippen molar-refractivity contribution in [3.8, 4) is 0 Å². The molecule has 0 atom stereocenters. The van der Waals surface area contributed by atoms with Crippen LogP contribution in [0.15, 0.2) is 64.1 Å². The molecule has 8 heteroatoms. The molecule has 28 heavy (non-hydrogen) atoms. The highest BCUT2D eigenvalue weighted by atomic mass is 79.9. The third-order valence-corrected chi connectivity index (χ3v) is 6.97. The first-order valence-electron chi connectivity index (χ1n) is 8.82. The number of nitrogens with zero attached hydrogens (tertiary/aromatic N) is 2. The summed E-state index contributed by atoms with van der Waals surface area (Å²) >= 11 is 3.43. The van der Waals surface area contributed by atoms with Gasteiger partial charge in [-0.05, 0) is 48.5 Å². The van der Waals surface area contributed by atoms with Gasteiger partial charge in [-0.25, -0.2) is 8.42 Å².